The Morgan fingerprint density at radius 3 is 2.48 bits per heavy atom. The van der Waals surface area contributed by atoms with E-state index in [-0.39, 0.29) is 17.1 Å². The van der Waals surface area contributed by atoms with Gasteiger partial charge in [0.15, 0.2) is 0 Å². The smallest absolute Gasteiger partial charge is 0.329 e. The average Bonchev–Trinajstić information content (AvgIpc) is 2.96. The molecule has 1 aliphatic carbocycles. The Labute approximate surface area is 254 Å². The van der Waals surface area contributed by atoms with Crippen LogP contribution in [0.5, 0.6) is 0 Å². The molecule has 0 radical (unpaired) electrons. The molecule has 2 N–H and O–H groups in total. The largest absolute Gasteiger partial charge is 0.373 e. The van der Waals surface area contributed by atoms with Crippen LogP contribution >= 0.6 is 8.22 Å². The first-order valence-corrected chi connectivity index (χ1v) is 15.8. The van der Waals surface area contributed by atoms with Crippen LogP contribution in [0, 0.1) is 5.41 Å². The molecule has 0 saturated heterocycles. The van der Waals surface area contributed by atoms with Crippen molar-refractivity contribution in [2.24, 2.45) is 5.41 Å². The molecule has 3 atom stereocenters. The highest BCUT2D eigenvalue weighted by Gasteiger charge is 2.34. The molecule has 8 heteroatoms. The number of benzene rings is 1. The molecule has 0 fully saturated rings. The molecule has 7 nitrogen and oxygen atoms in total. The maximum atomic E-state index is 12.7. The zero-order chi connectivity index (χ0) is 31.2. The van der Waals surface area contributed by atoms with Gasteiger partial charge in [0.2, 0.25) is 5.70 Å². The molecule has 1 aliphatic rings. The van der Waals surface area contributed by atoms with Crippen LogP contribution in [0.1, 0.15) is 71.2 Å². The van der Waals surface area contributed by atoms with Crippen LogP contribution in [-0.2, 0) is 14.5 Å². The quantitative estimate of drug-likeness (QED) is 0.0477. The zero-order valence-electron chi connectivity index (χ0n) is 26.3. The normalized spacial score (nSPS) is 17.7. The summed E-state index contributed by atoms with van der Waals surface area (Å²) in [7, 11) is 0.966. The maximum Gasteiger partial charge on any atom is 0.373 e. The molecular weight excluding hydrogens is 545 g/mol. The highest BCUT2D eigenvalue weighted by Crippen LogP contribution is 2.38. The third-order valence-corrected chi connectivity index (χ3v) is 8.40. The summed E-state index contributed by atoms with van der Waals surface area (Å²) >= 11 is 0. The molecule has 1 aromatic rings. The van der Waals surface area contributed by atoms with Crippen molar-refractivity contribution < 1.29 is 23.7 Å². The van der Waals surface area contributed by atoms with E-state index in [2.05, 4.69) is 70.5 Å². The van der Waals surface area contributed by atoms with Crippen molar-refractivity contribution in [2.75, 3.05) is 7.05 Å². The summed E-state index contributed by atoms with van der Waals surface area (Å²) in [5, 5.41) is 6.71. The minimum absolute atomic E-state index is 0.0917. The molecule has 228 valence electrons. The summed E-state index contributed by atoms with van der Waals surface area (Å²) in [6.45, 7) is 21.1. The lowest BCUT2D eigenvalue weighted by atomic mass is 9.78. The van der Waals surface area contributed by atoms with E-state index in [0.717, 1.165) is 24.1 Å². The first-order valence-electron chi connectivity index (χ1n) is 14.4. The summed E-state index contributed by atoms with van der Waals surface area (Å²) in [4.78, 5) is 23.6. The third kappa shape index (κ3) is 11.7. The van der Waals surface area contributed by atoms with Crippen LogP contribution < -0.4 is 10.4 Å². The van der Waals surface area contributed by atoms with Gasteiger partial charge in [-0.05, 0) is 64.3 Å². The number of carbonyl (C=O) groups excluding carboxylic acids is 1. The monoisotopic (exact) mass is 594 g/mol. The van der Waals surface area contributed by atoms with Gasteiger partial charge in [-0.15, -0.1) is 4.89 Å². The molecule has 0 amide bonds. The summed E-state index contributed by atoms with van der Waals surface area (Å²) < 4.78 is 8.35. The molecule has 0 spiro atoms. The van der Waals surface area contributed by atoms with Gasteiger partial charge in [0.1, 0.15) is 6.72 Å². The summed E-state index contributed by atoms with van der Waals surface area (Å²) in [6, 6.07) is 8.73. The minimum Gasteiger partial charge on any atom is -0.329 e. The minimum atomic E-state index is -1.01. The average molecular weight is 595 g/mol. The van der Waals surface area contributed by atoms with Crippen molar-refractivity contribution in [2.45, 2.75) is 78.9 Å². The number of hydrogen-bond acceptors (Lipinski definition) is 6. The number of carbonyl (C=O) groups is 1. The Kier molecular flexibility index (Phi) is 14.5. The number of nitrogens with one attached hydrogen (secondary N) is 2. The SMILES string of the molecule is C=CP(NC)[N+](=C)C1=CC(OC(NC(C)(C)CC(C)(C)CC)OOC(=O)c2ccccc2)CC=C1C=CC=CC=CC. The Morgan fingerprint density at radius 1 is 1.17 bits per heavy atom. The topological polar surface area (TPSA) is 71.8 Å². The van der Waals surface area contributed by atoms with Crippen molar-refractivity contribution in [3.63, 3.8) is 0 Å². The van der Waals surface area contributed by atoms with Crippen LogP contribution in [0.15, 0.2) is 103 Å². The molecule has 0 saturated carbocycles. The van der Waals surface area contributed by atoms with Gasteiger partial charge in [-0.3, -0.25) is 10.2 Å². The second-order valence-corrected chi connectivity index (χ2v) is 13.4. The van der Waals surface area contributed by atoms with Gasteiger partial charge < -0.3 is 4.74 Å². The van der Waals surface area contributed by atoms with Gasteiger partial charge in [0.05, 0.1) is 11.7 Å². The fraction of sp³-hybridized carbons (Fsp3) is 0.412. The molecule has 1 aromatic carbocycles. The van der Waals surface area contributed by atoms with E-state index in [4.69, 9.17) is 14.5 Å². The fourth-order valence-corrected chi connectivity index (χ4v) is 5.67. The van der Waals surface area contributed by atoms with Crippen molar-refractivity contribution in [3.8, 4) is 0 Å². The van der Waals surface area contributed by atoms with Gasteiger partial charge >= 0.3 is 5.97 Å². The standard InChI is InChI=1S/C34H49N3O4P/c1-10-13-14-15-17-20-27-23-24-29(25-30(27)37(9)42(12-3)35-8)39-32(36-34(6,7)26-33(4,5)11-2)41-40-31(38)28-21-18-16-19-22-28/h10,12-23,25,29,32,35-36H,3,9,11,24,26H2,1-2,4-8H3/q+1. The van der Waals surface area contributed by atoms with Crippen molar-refractivity contribution in [1.29, 1.82) is 0 Å². The molecule has 3 unspecified atom stereocenters. The van der Waals surface area contributed by atoms with Gasteiger partial charge in [0.25, 0.3) is 14.6 Å². The predicted octanol–water partition coefficient (Wildman–Crippen LogP) is 7.93. The Morgan fingerprint density at radius 2 is 1.86 bits per heavy atom. The maximum absolute atomic E-state index is 12.7. The zero-order valence-corrected chi connectivity index (χ0v) is 27.2. The van der Waals surface area contributed by atoms with E-state index in [9.17, 15) is 4.79 Å². The van der Waals surface area contributed by atoms with E-state index in [1.807, 2.05) is 66.7 Å². The fourth-order valence-electron chi connectivity index (χ4n) is 4.64. The lowest BCUT2D eigenvalue weighted by molar-refractivity contribution is -0.359. The number of ether oxygens (including phenoxy) is 1. The van der Waals surface area contributed by atoms with Crippen LogP contribution in [0.2, 0.25) is 0 Å². The number of rotatable bonds is 17. The van der Waals surface area contributed by atoms with Crippen molar-refractivity contribution in [3.05, 3.63) is 108 Å². The summed E-state index contributed by atoms with van der Waals surface area (Å²) in [6.07, 6.45) is 17.2. The third-order valence-electron chi connectivity index (χ3n) is 6.86. The van der Waals surface area contributed by atoms with Gasteiger partial charge in [-0.25, -0.2) is 9.88 Å². The van der Waals surface area contributed by atoms with Crippen LogP contribution in [-0.4, -0.2) is 42.1 Å². The van der Waals surface area contributed by atoms with E-state index < -0.39 is 20.6 Å². The van der Waals surface area contributed by atoms with E-state index in [1.165, 1.54) is 0 Å². The molecule has 2 rings (SSSR count). The van der Waals surface area contributed by atoms with E-state index in [0.29, 0.717) is 12.0 Å². The molecule has 0 aliphatic heterocycles. The predicted molar refractivity (Wildman–Crippen MR) is 175 cm³/mol. The molecule has 0 heterocycles. The highest BCUT2D eigenvalue weighted by atomic mass is 31.1. The molecule has 0 bridgehead atoms. The van der Waals surface area contributed by atoms with Crippen molar-refractivity contribution in [1.82, 2.24) is 10.4 Å². The second kappa shape index (κ2) is 17.3. The van der Waals surface area contributed by atoms with Crippen LogP contribution in [0.25, 0.3) is 0 Å². The second-order valence-electron chi connectivity index (χ2n) is 11.4. The van der Waals surface area contributed by atoms with Gasteiger partial charge in [-0.1, -0.05) is 88.4 Å². The highest BCUT2D eigenvalue weighted by molar-refractivity contribution is 7.52. The Hall–Kier alpha value is -2.93. The number of nitrogens with zero attached hydrogens (tertiary/aromatic N) is 1. The number of allylic oxidation sites excluding steroid dienone is 6. The van der Waals surface area contributed by atoms with Crippen molar-refractivity contribution >= 4 is 20.9 Å². The van der Waals surface area contributed by atoms with Gasteiger partial charge in [-0.2, -0.15) is 4.35 Å². The first-order chi connectivity index (χ1) is 19.9. The van der Waals surface area contributed by atoms with Crippen LogP contribution in [0.4, 0.5) is 0 Å². The lowest BCUT2D eigenvalue weighted by Gasteiger charge is -2.37. The first kappa shape index (κ1) is 35.3. The number of hydrogen-bond donors (Lipinski definition) is 2. The molecule has 42 heavy (non-hydrogen) atoms. The molecule has 0 aromatic heterocycles. The summed E-state index contributed by atoms with van der Waals surface area (Å²) in [5.74, 6) is 1.26. The lowest BCUT2D eigenvalue weighted by Crippen LogP contribution is -2.51. The van der Waals surface area contributed by atoms with E-state index in [1.54, 1.807) is 24.3 Å². The van der Waals surface area contributed by atoms with E-state index >= 15 is 0 Å². The molecular formula is C34H49N3O4P+. The summed E-state index contributed by atoms with van der Waals surface area (Å²) in [5.41, 5.74) is 2.02. The van der Waals surface area contributed by atoms with Gasteiger partial charge in [0, 0.05) is 23.0 Å². The Bertz CT molecular complexity index is 1200. The Balaban J connectivity index is 2.33. The van der Waals surface area contributed by atoms with Crippen LogP contribution in [0.3, 0.4) is 0 Å².